The second kappa shape index (κ2) is 7.64. The van der Waals surface area contributed by atoms with Gasteiger partial charge in [-0.1, -0.05) is 22.0 Å². The van der Waals surface area contributed by atoms with Crippen LogP contribution in [-0.2, 0) is 14.3 Å². The minimum Gasteiger partial charge on any atom is -0.469 e. The fourth-order valence-corrected chi connectivity index (χ4v) is 1.69. The highest BCUT2D eigenvalue weighted by molar-refractivity contribution is 9.10. The number of carbonyl (C=O) groups is 3. The van der Waals surface area contributed by atoms with Gasteiger partial charge >= 0.3 is 5.97 Å². The Morgan fingerprint density at radius 3 is 2.50 bits per heavy atom. The molecule has 0 fully saturated rings. The van der Waals surface area contributed by atoms with E-state index in [-0.39, 0.29) is 12.8 Å². The Morgan fingerprint density at radius 1 is 1.20 bits per heavy atom. The van der Waals surface area contributed by atoms with Crippen LogP contribution in [0.5, 0.6) is 0 Å². The Labute approximate surface area is 125 Å². The lowest BCUT2D eigenvalue weighted by Gasteiger charge is -2.08. The van der Waals surface area contributed by atoms with Crippen molar-refractivity contribution in [2.75, 3.05) is 7.11 Å². The smallest absolute Gasteiger partial charge is 0.306 e. The Morgan fingerprint density at radius 2 is 1.90 bits per heavy atom. The Kier molecular flexibility index (Phi) is 6.17. The van der Waals surface area contributed by atoms with Crippen molar-refractivity contribution in [1.29, 1.82) is 0 Å². The van der Waals surface area contributed by atoms with Gasteiger partial charge in [0.2, 0.25) is 5.91 Å². The minimum atomic E-state index is -0.478. The number of benzene rings is 1. The van der Waals surface area contributed by atoms with Gasteiger partial charge in [0.25, 0.3) is 5.91 Å². The van der Waals surface area contributed by atoms with Crippen LogP contribution < -0.4 is 10.9 Å². The summed E-state index contributed by atoms with van der Waals surface area (Å²) >= 11 is 3.32. The van der Waals surface area contributed by atoms with Crippen LogP contribution in [0, 0.1) is 6.92 Å². The molecule has 0 heterocycles. The van der Waals surface area contributed by atoms with E-state index in [0.29, 0.717) is 5.56 Å². The van der Waals surface area contributed by atoms with Gasteiger partial charge in [-0.2, -0.15) is 0 Å². The van der Waals surface area contributed by atoms with Crippen molar-refractivity contribution in [2.45, 2.75) is 19.8 Å². The molecule has 7 heteroatoms. The van der Waals surface area contributed by atoms with Crippen LogP contribution in [0.15, 0.2) is 22.7 Å². The molecule has 0 saturated carbocycles. The van der Waals surface area contributed by atoms with Gasteiger partial charge in [-0.25, -0.2) is 0 Å². The molecular formula is C13H15BrN2O4. The molecule has 1 aromatic rings. The topological polar surface area (TPSA) is 84.5 Å². The molecule has 0 aliphatic rings. The Bertz CT molecular complexity index is 531. The molecule has 0 atom stereocenters. The summed E-state index contributed by atoms with van der Waals surface area (Å²) in [5.74, 6) is -1.37. The summed E-state index contributed by atoms with van der Waals surface area (Å²) in [6.45, 7) is 1.90. The maximum atomic E-state index is 11.8. The van der Waals surface area contributed by atoms with E-state index in [2.05, 4.69) is 31.5 Å². The van der Waals surface area contributed by atoms with Crippen molar-refractivity contribution in [1.82, 2.24) is 10.9 Å². The number of hydrogen-bond acceptors (Lipinski definition) is 4. The van der Waals surface area contributed by atoms with E-state index in [0.717, 1.165) is 10.0 Å². The van der Waals surface area contributed by atoms with Gasteiger partial charge in [-0.15, -0.1) is 0 Å². The number of hydrazine groups is 1. The third-order valence-corrected chi connectivity index (χ3v) is 3.39. The quantitative estimate of drug-likeness (QED) is 0.641. The van der Waals surface area contributed by atoms with Gasteiger partial charge in [0.1, 0.15) is 0 Å². The molecule has 0 unspecified atom stereocenters. The molecule has 0 aliphatic heterocycles. The van der Waals surface area contributed by atoms with Crippen molar-refractivity contribution in [2.24, 2.45) is 0 Å². The molecule has 0 spiro atoms. The molecule has 0 aliphatic carbocycles. The number of rotatable bonds is 4. The zero-order valence-electron chi connectivity index (χ0n) is 11.2. The van der Waals surface area contributed by atoms with Crippen LogP contribution in [-0.4, -0.2) is 24.9 Å². The molecule has 20 heavy (non-hydrogen) atoms. The van der Waals surface area contributed by atoms with E-state index in [1.807, 2.05) is 6.92 Å². The number of methoxy groups -OCH3 is 1. The van der Waals surface area contributed by atoms with Crippen LogP contribution >= 0.6 is 15.9 Å². The molecule has 0 saturated heterocycles. The number of hydrogen-bond donors (Lipinski definition) is 2. The number of amides is 2. The molecule has 1 rings (SSSR count). The Hall–Kier alpha value is -1.89. The molecule has 6 nitrogen and oxygen atoms in total. The number of esters is 1. The molecule has 0 aromatic heterocycles. The molecule has 2 amide bonds. The summed E-state index contributed by atoms with van der Waals surface area (Å²) in [7, 11) is 1.25. The highest BCUT2D eigenvalue weighted by atomic mass is 79.9. The predicted molar refractivity (Wildman–Crippen MR) is 75.7 cm³/mol. The number of nitrogens with one attached hydrogen (secondary N) is 2. The third kappa shape index (κ3) is 5.00. The van der Waals surface area contributed by atoms with Crippen molar-refractivity contribution >= 4 is 33.7 Å². The maximum Gasteiger partial charge on any atom is 0.306 e. The molecular weight excluding hydrogens is 328 g/mol. The normalized spacial score (nSPS) is 9.75. The largest absolute Gasteiger partial charge is 0.469 e. The lowest BCUT2D eigenvalue weighted by Crippen LogP contribution is -2.41. The lowest BCUT2D eigenvalue weighted by atomic mass is 10.1. The zero-order valence-corrected chi connectivity index (χ0v) is 12.7. The van der Waals surface area contributed by atoms with E-state index in [4.69, 9.17) is 0 Å². The van der Waals surface area contributed by atoms with E-state index >= 15 is 0 Å². The number of halogens is 1. The summed E-state index contributed by atoms with van der Waals surface area (Å²) in [4.78, 5) is 34.0. The monoisotopic (exact) mass is 342 g/mol. The van der Waals surface area contributed by atoms with Crippen LogP contribution in [0.3, 0.4) is 0 Å². The first-order chi connectivity index (χ1) is 9.43. The van der Waals surface area contributed by atoms with Crippen LogP contribution in [0.2, 0.25) is 0 Å². The highest BCUT2D eigenvalue weighted by Crippen LogP contribution is 2.17. The van der Waals surface area contributed by atoms with Crippen molar-refractivity contribution in [3.8, 4) is 0 Å². The van der Waals surface area contributed by atoms with Gasteiger partial charge in [0.15, 0.2) is 0 Å². The van der Waals surface area contributed by atoms with Crippen LogP contribution in [0.4, 0.5) is 0 Å². The first-order valence-electron chi connectivity index (χ1n) is 5.86. The molecule has 0 bridgehead atoms. The first-order valence-corrected chi connectivity index (χ1v) is 6.65. The van der Waals surface area contributed by atoms with Gasteiger partial charge < -0.3 is 4.74 Å². The zero-order chi connectivity index (χ0) is 15.1. The number of carbonyl (C=O) groups excluding carboxylic acids is 3. The summed E-state index contributed by atoms with van der Waals surface area (Å²) < 4.78 is 5.22. The first kappa shape index (κ1) is 16.2. The van der Waals surface area contributed by atoms with Crippen molar-refractivity contribution in [3.63, 3.8) is 0 Å². The van der Waals surface area contributed by atoms with Crippen LogP contribution in [0.25, 0.3) is 0 Å². The van der Waals surface area contributed by atoms with Crippen molar-refractivity contribution in [3.05, 3.63) is 33.8 Å². The van der Waals surface area contributed by atoms with Gasteiger partial charge in [0.05, 0.1) is 13.5 Å². The predicted octanol–water partition coefficient (Wildman–Crippen LogP) is 1.47. The van der Waals surface area contributed by atoms with E-state index < -0.39 is 17.8 Å². The number of ether oxygens (including phenoxy) is 1. The molecule has 1 aromatic carbocycles. The van der Waals surface area contributed by atoms with Gasteiger partial charge in [-0.3, -0.25) is 25.2 Å². The van der Waals surface area contributed by atoms with E-state index in [1.165, 1.54) is 7.11 Å². The average molecular weight is 343 g/mol. The standard InChI is InChI=1S/C13H15BrN2O4/c1-8-3-4-9(7-10(8)14)13(19)16-15-11(17)5-6-12(18)20-2/h3-4,7H,5-6H2,1-2H3,(H,15,17)(H,16,19). The molecule has 108 valence electrons. The second-order valence-corrected chi connectivity index (χ2v) is 4.90. The summed E-state index contributed by atoms with van der Waals surface area (Å²) in [5.41, 5.74) is 5.92. The highest BCUT2D eigenvalue weighted by Gasteiger charge is 2.10. The van der Waals surface area contributed by atoms with E-state index in [9.17, 15) is 14.4 Å². The SMILES string of the molecule is COC(=O)CCC(=O)NNC(=O)c1ccc(C)c(Br)c1. The minimum absolute atomic E-state index is 0.0334. The van der Waals surface area contributed by atoms with Gasteiger partial charge in [0, 0.05) is 16.5 Å². The maximum absolute atomic E-state index is 11.8. The summed E-state index contributed by atoms with van der Waals surface area (Å²) in [6, 6.07) is 5.10. The third-order valence-electron chi connectivity index (χ3n) is 2.53. The van der Waals surface area contributed by atoms with Gasteiger partial charge in [-0.05, 0) is 24.6 Å². The fraction of sp³-hybridized carbons (Fsp3) is 0.308. The summed E-state index contributed by atoms with van der Waals surface area (Å²) in [6.07, 6.45) is -0.0845. The Balaban J connectivity index is 2.44. The lowest BCUT2D eigenvalue weighted by molar-refractivity contribution is -0.142. The summed E-state index contributed by atoms with van der Waals surface area (Å²) in [5, 5.41) is 0. The second-order valence-electron chi connectivity index (χ2n) is 4.04. The fourth-order valence-electron chi connectivity index (χ4n) is 1.31. The van der Waals surface area contributed by atoms with Crippen molar-refractivity contribution < 1.29 is 19.1 Å². The molecule has 2 N–H and O–H groups in total. The average Bonchev–Trinajstić information content (AvgIpc) is 2.44. The molecule has 0 radical (unpaired) electrons. The van der Waals surface area contributed by atoms with E-state index in [1.54, 1.807) is 18.2 Å². The van der Waals surface area contributed by atoms with Crippen LogP contribution in [0.1, 0.15) is 28.8 Å². The number of aryl methyl sites for hydroxylation is 1.